The van der Waals surface area contributed by atoms with Crippen LogP contribution in [0.25, 0.3) is 0 Å². The lowest BCUT2D eigenvalue weighted by molar-refractivity contribution is -0.332. The molecule has 0 aromatic carbocycles. The number of aliphatic hydroxyl groups excluding tert-OH is 7. The lowest BCUT2D eigenvalue weighted by atomic mass is 9.98. The molecule has 11 unspecified atom stereocenters. The zero-order valence-electron chi connectivity index (χ0n) is 42.8. The van der Waals surface area contributed by atoms with Crippen LogP contribution in [-0.4, -0.2) is 142 Å². The zero-order chi connectivity index (χ0) is 50.2. The highest BCUT2D eigenvalue weighted by Crippen LogP contribution is 2.26. The SMILES string of the molecule is CC/C=C\C/C=C\C/C=C\C/C=C\CCCCCCCCCCCOCC(COC1OC(COC2OC(CO)C(O)C(O)C2O)C(O)C(O)C1O)OC(=O)CCCCCCCCCCCCCCC. The molecule has 2 rings (SSSR count). The maximum Gasteiger partial charge on any atom is 0.306 e. The summed E-state index contributed by atoms with van der Waals surface area (Å²) in [6.45, 7) is 3.57. The van der Waals surface area contributed by atoms with Crippen LogP contribution in [0.5, 0.6) is 0 Å². The molecule has 14 nitrogen and oxygen atoms in total. The number of aliphatic hydroxyl groups is 7. The molecule has 0 radical (unpaired) electrons. The zero-order valence-corrected chi connectivity index (χ0v) is 42.8. The van der Waals surface area contributed by atoms with Gasteiger partial charge in [0.1, 0.15) is 54.9 Å². The van der Waals surface area contributed by atoms with Crippen molar-refractivity contribution in [2.24, 2.45) is 0 Å². The largest absolute Gasteiger partial charge is 0.457 e. The minimum absolute atomic E-state index is 0.0584. The van der Waals surface area contributed by atoms with E-state index in [1.165, 1.54) is 96.3 Å². The highest BCUT2D eigenvalue weighted by atomic mass is 16.7. The van der Waals surface area contributed by atoms with E-state index in [0.29, 0.717) is 13.0 Å². The van der Waals surface area contributed by atoms with Gasteiger partial charge in [0.05, 0.1) is 26.4 Å². The van der Waals surface area contributed by atoms with Crippen molar-refractivity contribution in [3.63, 3.8) is 0 Å². The van der Waals surface area contributed by atoms with Crippen LogP contribution in [0.15, 0.2) is 48.6 Å². The fourth-order valence-electron chi connectivity index (χ4n) is 8.45. The Morgan fingerprint density at radius 1 is 0.493 bits per heavy atom. The van der Waals surface area contributed by atoms with Crippen molar-refractivity contribution in [3.8, 4) is 0 Å². The van der Waals surface area contributed by atoms with Gasteiger partial charge in [-0.25, -0.2) is 0 Å². The smallest absolute Gasteiger partial charge is 0.306 e. The summed E-state index contributed by atoms with van der Waals surface area (Å²) in [5.74, 6) is -0.378. The summed E-state index contributed by atoms with van der Waals surface area (Å²) in [7, 11) is 0. The molecule has 2 aliphatic rings. The van der Waals surface area contributed by atoms with Crippen molar-refractivity contribution in [1.82, 2.24) is 0 Å². The Balaban J connectivity index is 1.72. The first-order chi connectivity index (χ1) is 33.6. The third-order valence-corrected chi connectivity index (χ3v) is 12.9. The van der Waals surface area contributed by atoms with Crippen molar-refractivity contribution in [3.05, 3.63) is 48.6 Å². The summed E-state index contributed by atoms with van der Waals surface area (Å²) in [6.07, 6.45) is 33.1. The highest BCUT2D eigenvalue weighted by Gasteiger charge is 2.47. The number of hydrogen-bond acceptors (Lipinski definition) is 14. The third-order valence-electron chi connectivity index (χ3n) is 12.9. The van der Waals surface area contributed by atoms with E-state index in [-0.39, 0.29) is 25.6 Å². The summed E-state index contributed by atoms with van der Waals surface area (Å²) >= 11 is 0. The molecule has 0 bridgehead atoms. The van der Waals surface area contributed by atoms with Gasteiger partial charge in [0.15, 0.2) is 12.6 Å². The standard InChI is InChI=1S/C55H98O14/c1-3-5-7-9-11-13-15-17-18-19-20-21-22-23-24-25-27-29-31-33-35-37-39-64-41-44(67-47(57)38-36-34-32-30-28-26-16-14-12-10-8-6-4-2)42-65-54-53(63)51(61)49(59)46(69-54)43-66-55-52(62)50(60)48(58)45(40-56)68-55/h5,7,11,13,17-18,20-21,44-46,48-56,58-63H,3-4,6,8-10,12,14-16,19,22-43H2,1-2H3/b7-5-,13-11-,18-17-,21-20-. The van der Waals surface area contributed by atoms with E-state index < -0.39 is 80.7 Å². The van der Waals surface area contributed by atoms with Gasteiger partial charge in [-0.2, -0.15) is 0 Å². The van der Waals surface area contributed by atoms with Gasteiger partial charge in [-0.3, -0.25) is 4.79 Å². The minimum Gasteiger partial charge on any atom is -0.457 e. The molecule has 0 aromatic heterocycles. The van der Waals surface area contributed by atoms with E-state index in [9.17, 15) is 40.5 Å². The molecule has 402 valence electrons. The Kier molecular flexibility index (Phi) is 38.8. The lowest BCUT2D eigenvalue weighted by Crippen LogP contribution is -2.61. The van der Waals surface area contributed by atoms with Crippen molar-refractivity contribution in [1.29, 1.82) is 0 Å². The summed E-state index contributed by atoms with van der Waals surface area (Å²) < 4.78 is 34.3. The fourth-order valence-corrected chi connectivity index (χ4v) is 8.45. The molecular weight excluding hydrogens is 885 g/mol. The molecule has 14 heteroatoms. The monoisotopic (exact) mass is 983 g/mol. The summed E-state index contributed by atoms with van der Waals surface area (Å²) in [6, 6.07) is 0. The first-order valence-corrected chi connectivity index (χ1v) is 27.2. The lowest BCUT2D eigenvalue weighted by Gasteiger charge is -2.42. The van der Waals surface area contributed by atoms with Crippen LogP contribution in [0.3, 0.4) is 0 Å². The average molecular weight is 983 g/mol. The Hall–Kier alpha value is -2.05. The third kappa shape index (κ3) is 29.9. The molecular formula is C55H98O14. The number of unbranched alkanes of at least 4 members (excludes halogenated alkanes) is 21. The van der Waals surface area contributed by atoms with E-state index in [1.807, 2.05) is 0 Å². The second-order valence-electron chi connectivity index (χ2n) is 19.0. The van der Waals surface area contributed by atoms with E-state index in [0.717, 1.165) is 70.6 Å². The van der Waals surface area contributed by atoms with Crippen molar-refractivity contribution in [2.75, 3.05) is 33.0 Å². The Morgan fingerprint density at radius 3 is 1.48 bits per heavy atom. The predicted molar refractivity (Wildman–Crippen MR) is 270 cm³/mol. The number of hydrogen-bond donors (Lipinski definition) is 7. The number of rotatable bonds is 43. The van der Waals surface area contributed by atoms with Crippen molar-refractivity contribution >= 4 is 5.97 Å². The molecule has 2 heterocycles. The van der Waals surface area contributed by atoms with Crippen LogP contribution in [0.1, 0.15) is 194 Å². The average Bonchev–Trinajstić information content (AvgIpc) is 3.35. The molecule has 7 N–H and O–H groups in total. The molecule has 0 amide bonds. The number of carbonyl (C=O) groups is 1. The van der Waals surface area contributed by atoms with Crippen LogP contribution in [0.2, 0.25) is 0 Å². The van der Waals surface area contributed by atoms with Gasteiger partial charge in [-0.1, -0.05) is 184 Å². The Bertz CT molecular complexity index is 1320. The van der Waals surface area contributed by atoms with Crippen molar-refractivity contribution < 1.29 is 69.0 Å². The minimum atomic E-state index is -1.71. The molecule has 0 aromatic rings. The van der Waals surface area contributed by atoms with Crippen LogP contribution in [-0.2, 0) is 33.2 Å². The topological polar surface area (TPSA) is 214 Å². The van der Waals surface area contributed by atoms with Gasteiger partial charge < -0.3 is 64.2 Å². The van der Waals surface area contributed by atoms with E-state index >= 15 is 0 Å². The van der Waals surface area contributed by atoms with Gasteiger partial charge in [0.2, 0.25) is 0 Å². The van der Waals surface area contributed by atoms with Gasteiger partial charge >= 0.3 is 5.97 Å². The van der Waals surface area contributed by atoms with Crippen LogP contribution in [0.4, 0.5) is 0 Å². The molecule has 0 spiro atoms. The number of ether oxygens (including phenoxy) is 6. The summed E-state index contributed by atoms with van der Waals surface area (Å²) in [4.78, 5) is 13.0. The fraction of sp³-hybridized carbons (Fsp3) is 0.836. The van der Waals surface area contributed by atoms with E-state index in [2.05, 4.69) is 62.5 Å². The maximum absolute atomic E-state index is 13.0. The molecule has 69 heavy (non-hydrogen) atoms. The van der Waals surface area contributed by atoms with Gasteiger partial charge in [0, 0.05) is 13.0 Å². The summed E-state index contributed by atoms with van der Waals surface area (Å²) in [5.41, 5.74) is 0. The van der Waals surface area contributed by atoms with Crippen molar-refractivity contribution in [2.45, 2.75) is 261 Å². The van der Waals surface area contributed by atoms with E-state index in [4.69, 9.17) is 28.4 Å². The number of allylic oxidation sites excluding steroid dienone is 8. The number of carbonyl (C=O) groups excluding carboxylic acids is 1. The molecule has 0 aliphatic carbocycles. The number of esters is 1. The maximum atomic E-state index is 13.0. The van der Waals surface area contributed by atoms with Crippen LogP contribution >= 0.6 is 0 Å². The molecule has 0 saturated carbocycles. The molecule has 2 fully saturated rings. The second-order valence-corrected chi connectivity index (χ2v) is 19.0. The van der Waals surface area contributed by atoms with Crippen LogP contribution < -0.4 is 0 Å². The molecule has 2 aliphatic heterocycles. The quantitative estimate of drug-likeness (QED) is 0.0173. The molecule has 11 atom stereocenters. The van der Waals surface area contributed by atoms with Gasteiger partial charge in [0.25, 0.3) is 0 Å². The van der Waals surface area contributed by atoms with Crippen LogP contribution in [0, 0.1) is 0 Å². The Labute approximate surface area is 416 Å². The predicted octanol–water partition coefficient (Wildman–Crippen LogP) is 8.74. The van der Waals surface area contributed by atoms with E-state index in [1.54, 1.807) is 0 Å². The second kappa shape index (κ2) is 42.5. The van der Waals surface area contributed by atoms with Gasteiger partial charge in [-0.05, 0) is 51.4 Å². The van der Waals surface area contributed by atoms with Gasteiger partial charge in [-0.15, -0.1) is 0 Å². The highest BCUT2D eigenvalue weighted by molar-refractivity contribution is 5.69. The molecule has 2 saturated heterocycles. The first kappa shape index (κ1) is 63.1. The Morgan fingerprint density at radius 2 is 0.942 bits per heavy atom. The normalized spacial score (nSPS) is 26.0. The first-order valence-electron chi connectivity index (χ1n) is 27.2. The summed E-state index contributed by atoms with van der Waals surface area (Å²) in [5, 5.41) is 72.2.